The van der Waals surface area contributed by atoms with Gasteiger partial charge in [-0.15, -0.1) is 0 Å². The number of alkyl halides is 2. The summed E-state index contributed by atoms with van der Waals surface area (Å²) >= 11 is 0. The van der Waals surface area contributed by atoms with Gasteiger partial charge in [0, 0.05) is 32.5 Å². The number of nitrogens with zero attached hydrogens (tertiary/aromatic N) is 4. The van der Waals surface area contributed by atoms with Gasteiger partial charge in [-0.2, -0.15) is 5.10 Å². The quantitative estimate of drug-likeness (QED) is 0.704. The lowest BCUT2D eigenvalue weighted by Gasteiger charge is -2.33. The summed E-state index contributed by atoms with van der Waals surface area (Å²) in [6.45, 7) is 5.14. The molecule has 9 nitrogen and oxygen atoms in total. The Labute approximate surface area is 184 Å². The third-order valence-electron chi connectivity index (χ3n) is 5.88. The van der Waals surface area contributed by atoms with Crippen LogP contribution in [0.2, 0.25) is 0 Å². The molecule has 3 heterocycles. The van der Waals surface area contributed by atoms with Crippen molar-refractivity contribution in [3.05, 3.63) is 29.7 Å². The molecule has 11 heteroatoms. The normalized spacial score (nSPS) is 19.9. The first-order chi connectivity index (χ1) is 15.2. The van der Waals surface area contributed by atoms with Crippen molar-refractivity contribution >= 4 is 17.8 Å². The lowest BCUT2D eigenvalue weighted by atomic mass is 9.81. The molecule has 1 atom stereocenters. The highest BCUT2D eigenvalue weighted by Crippen LogP contribution is 2.41. The molecule has 2 fully saturated rings. The van der Waals surface area contributed by atoms with Crippen molar-refractivity contribution in [1.82, 2.24) is 30.1 Å². The number of urea groups is 1. The largest absolute Gasteiger partial charge is 0.447 e. The fourth-order valence-corrected chi connectivity index (χ4v) is 4.26. The second-order valence-electron chi connectivity index (χ2n) is 8.76. The van der Waals surface area contributed by atoms with Crippen molar-refractivity contribution < 1.29 is 23.1 Å². The van der Waals surface area contributed by atoms with E-state index in [0.29, 0.717) is 31.0 Å². The van der Waals surface area contributed by atoms with E-state index in [1.807, 2.05) is 6.07 Å². The maximum absolute atomic E-state index is 13.7. The maximum atomic E-state index is 13.7. The van der Waals surface area contributed by atoms with Crippen LogP contribution < -0.4 is 10.6 Å². The number of halogens is 2. The van der Waals surface area contributed by atoms with Gasteiger partial charge < -0.3 is 20.3 Å². The van der Waals surface area contributed by atoms with Crippen molar-refractivity contribution in [3.8, 4) is 0 Å². The summed E-state index contributed by atoms with van der Waals surface area (Å²) in [5.74, 6) is -2.86. The first kappa shape index (κ1) is 22.2. The number of ether oxygens (including phenoxy) is 1. The topological polar surface area (TPSA) is 101 Å². The smallest absolute Gasteiger partial charge is 0.407 e. The molecule has 1 saturated carbocycles. The number of carbonyl (C=O) groups is 2. The Kier molecular flexibility index (Phi) is 6.16. The van der Waals surface area contributed by atoms with E-state index in [1.54, 1.807) is 35.7 Å². The Morgan fingerprint density at radius 1 is 1.38 bits per heavy atom. The van der Waals surface area contributed by atoms with Crippen LogP contribution in [-0.2, 0) is 11.3 Å². The van der Waals surface area contributed by atoms with E-state index in [4.69, 9.17) is 4.74 Å². The summed E-state index contributed by atoms with van der Waals surface area (Å²) in [6.07, 6.45) is 2.57. The van der Waals surface area contributed by atoms with Crippen molar-refractivity contribution in [2.24, 2.45) is 5.92 Å². The molecule has 0 bridgehead atoms. The van der Waals surface area contributed by atoms with Gasteiger partial charge in [0.15, 0.2) is 5.65 Å². The Hall–Kier alpha value is -2.98. The van der Waals surface area contributed by atoms with Gasteiger partial charge in [-0.05, 0) is 44.2 Å². The van der Waals surface area contributed by atoms with Crippen LogP contribution in [0.5, 0.6) is 0 Å². The van der Waals surface area contributed by atoms with Gasteiger partial charge in [0.25, 0.3) is 0 Å². The second kappa shape index (κ2) is 8.87. The molecule has 0 radical (unpaired) electrons. The van der Waals surface area contributed by atoms with Crippen LogP contribution in [0.25, 0.3) is 5.65 Å². The number of aromatic nitrogens is 3. The average Bonchev–Trinajstić information content (AvgIpc) is 3.31. The first-order valence-corrected chi connectivity index (χ1v) is 10.9. The summed E-state index contributed by atoms with van der Waals surface area (Å²) in [6, 6.07) is 1.16. The van der Waals surface area contributed by atoms with Gasteiger partial charge >= 0.3 is 12.1 Å². The highest BCUT2D eigenvalue weighted by Gasteiger charge is 2.39. The number of alkyl carbamates (subject to hydrolysis) is 1. The summed E-state index contributed by atoms with van der Waals surface area (Å²) < 4.78 is 34.2. The Morgan fingerprint density at radius 3 is 2.78 bits per heavy atom. The van der Waals surface area contributed by atoms with Gasteiger partial charge in [0.05, 0.1) is 30.2 Å². The van der Waals surface area contributed by atoms with Gasteiger partial charge in [-0.25, -0.2) is 27.9 Å². The molecule has 174 valence electrons. The number of carbonyl (C=O) groups excluding carboxylic acids is 2. The van der Waals surface area contributed by atoms with E-state index in [0.717, 1.165) is 5.56 Å². The number of amides is 3. The standard InChI is InChI=1S/C21H28F2N6O3/c1-13(2)32-20(31)27-18(15-3-5-21(22,23)6-4-15)16-12-29-17(26-16)9-14(10-25-29)11-28-8-7-24-19(28)30/h9-10,12-13,15,18H,3-8,11H2,1-2H3,(H,24,30)(H,27,31). The van der Waals surface area contributed by atoms with Gasteiger partial charge in [-0.3, -0.25) is 0 Å². The lowest BCUT2D eigenvalue weighted by Crippen LogP contribution is -2.38. The SMILES string of the molecule is CC(C)OC(=O)NC(c1cn2ncc(CN3CCNC3=O)cc2n1)C1CCC(F)(F)CC1. The zero-order valence-electron chi connectivity index (χ0n) is 18.2. The molecule has 3 amide bonds. The Bertz CT molecular complexity index is 985. The lowest BCUT2D eigenvalue weighted by molar-refractivity contribution is -0.0498. The fourth-order valence-electron chi connectivity index (χ4n) is 4.26. The second-order valence-corrected chi connectivity index (χ2v) is 8.76. The number of nitrogens with one attached hydrogen (secondary N) is 2. The third-order valence-corrected chi connectivity index (χ3v) is 5.88. The number of fused-ring (bicyclic) bond motifs is 1. The van der Waals surface area contributed by atoms with Gasteiger partial charge in [0.2, 0.25) is 5.92 Å². The molecule has 1 aliphatic carbocycles. The monoisotopic (exact) mass is 450 g/mol. The van der Waals surface area contributed by atoms with Crippen molar-refractivity contribution in [2.45, 2.75) is 64.1 Å². The van der Waals surface area contributed by atoms with Crippen LogP contribution in [0.1, 0.15) is 56.8 Å². The minimum Gasteiger partial charge on any atom is -0.447 e. The van der Waals surface area contributed by atoms with E-state index in [9.17, 15) is 18.4 Å². The van der Waals surface area contributed by atoms with Crippen LogP contribution in [-0.4, -0.2) is 56.7 Å². The van der Waals surface area contributed by atoms with E-state index in [2.05, 4.69) is 20.7 Å². The van der Waals surface area contributed by atoms with Crippen molar-refractivity contribution in [2.75, 3.05) is 13.1 Å². The molecule has 1 aliphatic heterocycles. The molecule has 0 aromatic carbocycles. The van der Waals surface area contributed by atoms with Crippen LogP contribution in [0.3, 0.4) is 0 Å². The molecule has 1 unspecified atom stereocenters. The molecule has 2 N–H and O–H groups in total. The van der Waals surface area contributed by atoms with E-state index < -0.39 is 18.1 Å². The summed E-state index contributed by atoms with van der Waals surface area (Å²) in [7, 11) is 0. The fraction of sp³-hybridized carbons (Fsp3) is 0.619. The van der Waals surface area contributed by atoms with Crippen LogP contribution in [0, 0.1) is 5.92 Å². The molecule has 32 heavy (non-hydrogen) atoms. The number of hydrogen-bond acceptors (Lipinski definition) is 5. The number of rotatable bonds is 6. The summed E-state index contributed by atoms with van der Waals surface area (Å²) in [5, 5.41) is 9.97. The zero-order valence-corrected chi connectivity index (χ0v) is 18.2. The minimum atomic E-state index is -2.67. The Morgan fingerprint density at radius 2 is 2.12 bits per heavy atom. The molecule has 0 spiro atoms. The molecular formula is C21H28F2N6O3. The molecule has 2 aromatic rings. The van der Waals surface area contributed by atoms with E-state index in [1.165, 1.54) is 0 Å². The van der Waals surface area contributed by atoms with Crippen LogP contribution >= 0.6 is 0 Å². The minimum absolute atomic E-state index is 0.115. The van der Waals surface area contributed by atoms with E-state index >= 15 is 0 Å². The highest BCUT2D eigenvalue weighted by atomic mass is 19.3. The molecular weight excluding hydrogens is 422 g/mol. The van der Waals surface area contributed by atoms with Crippen molar-refractivity contribution in [1.29, 1.82) is 0 Å². The average molecular weight is 450 g/mol. The predicted octanol–water partition coefficient (Wildman–Crippen LogP) is 3.26. The third kappa shape index (κ3) is 5.08. The van der Waals surface area contributed by atoms with Crippen LogP contribution in [0.4, 0.5) is 18.4 Å². The zero-order chi connectivity index (χ0) is 22.9. The molecule has 2 aromatic heterocycles. The Balaban J connectivity index is 1.57. The van der Waals surface area contributed by atoms with E-state index in [-0.39, 0.29) is 43.7 Å². The van der Waals surface area contributed by atoms with Gasteiger partial charge in [-0.1, -0.05) is 0 Å². The maximum Gasteiger partial charge on any atom is 0.407 e. The molecule has 4 rings (SSSR count). The number of hydrogen-bond donors (Lipinski definition) is 2. The summed E-state index contributed by atoms with van der Waals surface area (Å²) in [4.78, 5) is 30.5. The summed E-state index contributed by atoms with van der Waals surface area (Å²) in [5.41, 5.74) is 1.93. The first-order valence-electron chi connectivity index (χ1n) is 10.9. The highest BCUT2D eigenvalue weighted by molar-refractivity contribution is 5.76. The van der Waals surface area contributed by atoms with Crippen molar-refractivity contribution in [3.63, 3.8) is 0 Å². The predicted molar refractivity (Wildman–Crippen MR) is 111 cm³/mol. The van der Waals surface area contributed by atoms with Crippen LogP contribution in [0.15, 0.2) is 18.5 Å². The van der Waals surface area contributed by atoms with Gasteiger partial charge in [0.1, 0.15) is 0 Å². The molecule has 2 aliphatic rings. The molecule has 1 saturated heterocycles. The number of imidazole rings is 1.